The minimum Gasteiger partial charge on any atom is -0.466 e. The third-order valence-electron chi connectivity index (χ3n) is 1.64. The molecule has 0 heterocycles. The van der Waals surface area contributed by atoms with Crippen LogP contribution in [-0.4, -0.2) is 18.4 Å². The summed E-state index contributed by atoms with van der Waals surface area (Å²) in [7, 11) is 0. The van der Waals surface area contributed by atoms with Crippen molar-refractivity contribution in [2.24, 2.45) is 5.92 Å². The van der Waals surface area contributed by atoms with E-state index in [9.17, 15) is 9.59 Å². The van der Waals surface area contributed by atoms with E-state index in [2.05, 4.69) is 13.8 Å². The van der Waals surface area contributed by atoms with Gasteiger partial charge in [-0.3, -0.25) is 4.79 Å². The van der Waals surface area contributed by atoms with Crippen LogP contribution in [0.5, 0.6) is 0 Å². The second-order valence-electron chi connectivity index (χ2n) is 3.61. The summed E-state index contributed by atoms with van der Waals surface area (Å²) >= 11 is 0. The van der Waals surface area contributed by atoms with Gasteiger partial charge in [0.1, 0.15) is 5.78 Å². The fourth-order valence-corrected chi connectivity index (χ4v) is 0.759. The van der Waals surface area contributed by atoms with E-state index >= 15 is 0 Å². The Morgan fingerprint density at radius 1 is 1.23 bits per heavy atom. The fraction of sp³-hybridized carbons (Fsp3) is 0.800. The van der Waals surface area contributed by atoms with Crippen molar-refractivity contribution in [1.29, 1.82) is 0 Å². The molecule has 0 aromatic heterocycles. The van der Waals surface area contributed by atoms with E-state index in [0.29, 0.717) is 18.9 Å². The molecule has 0 aliphatic carbocycles. The van der Waals surface area contributed by atoms with E-state index in [4.69, 9.17) is 4.74 Å². The van der Waals surface area contributed by atoms with Gasteiger partial charge in [0, 0.05) is 6.42 Å². The van der Waals surface area contributed by atoms with Crippen LogP contribution in [0.1, 0.15) is 40.0 Å². The van der Waals surface area contributed by atoms with E-state index in [1.165, 1.54) is 6.92 Å². The smallest absolute Gasteiger partial charge is 0.306 e. The highest BCUT2D eigenvalue weighted by Gasteiger charge is 2.04. The highest BCUT2D eigenvalue weighted by atomic mass is 16.5. The maximum Gasteiger partial charge on any atom is 0.306 e. The topological polar surface area (TPSA) is 43.4 Å². The lowest BCUT2D eigenvalue weighted by molar-refractivity contribution is -0.145. The van der Waals surface area contributed by atoms with Gasteiger partial charge in [-0.2, -0.15) is 0 Å². The predicted octanol–water partition coefficient (Wildman–Crippen LogP) is 1.94. The van der Waals surface area contributed by atoms with Crippen LogP contribution in [0.4, 0.5) is 0 Å². The molecular formula is C10H18O3. The molecule has 0 fully saturated rings. The number of esters is 1. The van der Waals surface area contributed by atoms with E-state index in [1.54, 1.807) is 0 Å². The Morgan fingerprint density at radius 3 is 2.31 bits per heavy atom. The van der Waals surface area contributed by atoms with Crippen LogP contribution in [0.2, 0.25) is 0 Å². The Bertz CT molecular complexity index is 173. The fourth-order valence-electron chi connectivity index (χ4n) is 0.759. The summed E-state index contributed by atoms with van der Waals surface area (Å²) in [4.78, 5) is 21.5. The second kappa shape index (κ2) is 6.63. The number of Topliss-reactive ketones (excluding diaryl/α,β-unsaturated/α-hetero) is 1. The quantitative estimate of drug-likeness (QED) is 0.595. The van der Waals surface area contributed by atoms with Crippen molar-refractivity contribution in [1.82, 2.24) is 0 Å². The van der Waals surface area contributed by atoms with Crippen LogP contribution in [0, 0.1) is 5.92 Å². The first kappa shape index (κ1) is 12.1. The number of hydrogen-bond acceptors (Lipinski definition) is 3. The summed E-state index contributed by atoms with van der Waals surface area (Å²) in [6.07, 6.45) is 1.39. The Labute approximate surface area is 79.5 Å². The van der Waals surface area contributed by atoms with Crippen LogP contribution < -0.4 is 0 Å². The van der Waals surface area contributed by atoms with Gasteiger partial charge >= 0.3 is 5.97 Å². The van der Waals surface area contributed by atoms with E-state index in [0.717, 1.165) is 6.42 Å². The summed E-state index contributed by atoms with van der Waals surface area (Å²) in [6.45, 7) is 6.09. The van der Waals surface area contributed by atoms with Gasteiger partial charge in [-0.15, -0.1) is 0 Å². The molecule has 13 heavy (non-hydrogen) atoms. The summed E-state index contributed by atoms with van der Waals surface area (Å²) in [6, 6.07) is 0. The largest absolute Gasteiger partial charge is 0.466 e. The zero-order chi connectivity index (χ0) is 10.3. The van der Waals surface area contributed by atoms with Crippen molar-refractivity contribution in [2.45, 2.75) is 40.0 Å². The lowest BCUT2D eigenvalue weighted by Gasteiger charge is -2.05. The van der Waals surface area contributed by atoms with Crippen molar-refractivity contribution in [3.63, 3.8) is 0 Å². The summed E-state index contributed by atoms with van der Waals surface area (Å²) in [5.41, 5.74) is 0. The molecule has 0 aromatic carbocycles. The van der Waals surface area contributed by atoms with E-state index in [-0.39, 0.29) is 18.2 Å². The van der Waals surface area contributed by atoms with Gasteiger partial charge in [-0.05, 0) is 19.3 Å². The van der Waals surface area contributed by atoms with Crippen molar-refractivity contribution >= 4 is 11.8 Å². The molecule has 76 valence electrons. The standard InChI is InChI=1S/C10H18O3/c1-8(2)6-7-13-10(12)5-4-9(3)11/h8H,4-7H2,1-3H3. The first-order valence-corrected chi connectivity index (χ1v) is 4.67. The van der Waals surface area contributed by atoms with Crippen LogP contribution in [0.25, 0.3) is 0 Å². The zero-order valence-electron chi connectivity index (χ0n) is 8.63. The normalized spacial score (nSPS) is 10.2. The molecule has 0 amide bonds. The maximum atomic E-state index is 11.0. The van der Waals surface area contributed by atoms with Crippen molar-refractivity contribution in [3.05, 3.63) is 0 Å². The van der Waals surface area contributed by atoms with E-state index in [1.807, 2.05) is 0 Å². The van der Waals surface area contributed by atoms with Crippen molar-refractivity contribution in [2.75, 3.05) is 6.61 Å². The zero-order valence-corrected chi connectivity index (χ0v) is 8.63. The van der Waals surface area contributed by atoms with Gasteiger partial charge in [-0.1, -0.05) is 13.8 Å². The number of carbonyl (C=O) groups is 2. The van der Waals surface area contributed by atoms with Gasteiger partial charge < -0.3 is 9.53 Å². The Hall–Kier alpha value is -0.860. The van der Waals surface area contributed by atoms with Gasteiger partial charge in [0.2, 0.25) is 0 Å². The number of rotatable bonds is 6. The minimum atomic E-state index is -0.268. The third kappa shape index (κ3) is 9.05. The number of ketones is 1. The molecule has 0 bridgehead atoms. The Balaban J connectivity index is 3.36. The summed E-state index contributed by atoms with van der Waals surface area (Å²) < 4.78 is 4.91. The Morgan fingerprint density at radius 2 is 1.85 bits per heavy atom. The lowest BCUT2D eigenvalue weighted by Crippen LogP contribution is -2.08. The van der Waals surface area contributed by atoms with Gasteiger partial charge in [0.05, 0.1) is 13.0 Å². The second-order valence-corrected chi connectivity index (χ2v) is 3.61. The molecule has 0 saturated carbocycles. The highest BCUT2D eigenvalue weighted by Crippen LogP contribution is 2.01. The van der Waals surface area contributed by atoms with E-state index < -0.39 is 0 Å². The van der Waals surface area contributed by atoms with Crippen molar-refractivity contribution < 1.29 is 14.3 Å². The summed E-state index contributed by atoms with van der Waals surface area (Å²) in [5, 5.41) is 0. The molecule has 0 unspecified atom stereocenters. The molecule has 0 N–H and O–H groups in total. The first-order valence-electron chi connectivity index (χ1n) is 4.67. The number of carbonyl (C=O) groups excluding carboxylic acids is 2. The van der Waals surface area contributed by atoms with Crippen molar-refractivity contribution in [3.8, 4) is 0 Å². The van der Waals surface area contributed by atoms with Crippen LogP contribution in [0.15, 0.2) is 0 Å². The summed E-state index contributed by atoms with van der Waals surface area (Å²) in [5.74, 6) is 0.303. The maximum absolute atomic E-state index is 11.0. The molecular weight excluding hydrogens is 168 g/mol. The molecule has 0 radical (unpaired) electrons. The first-order chi connectivity index (χ1) is 6.02. The average Bonchev–Trinajstić information content (AvgIpc) is 2.00. The number of ether oxygens (including phenoxy) is 1. The SMILES string of the molecule is CC(=O)CCC(=O)OCCC(C)C. The molecule has 0 rings (SSSR count). The predicted molar refractivity (Wildman–Crippen MR) is 50.3 cm³/mol. The third-order valence-corrected chi connectivity index (χ3v) is 1.64. The Kier molecular flexibility index (Phi) is 6.20. The average molecular weight is 186 g/mol. The lowest BCUT2D eigenvalue weighted by atomic mass is 10.1. The molecule has 0 aliphatic rings. The molecule has 3 heteroatoms. The van der Waals surface area contributed by atoms with Crippen LogP contribution >= 0.6 is 0 Å². The van der Waals surface area contributed by atoms with Gasteiger partial charge in [-0.25, -0.2) is 0 Å². The molecule has 0 spiro atoms. The molecule has 3 nitrogen and oxygen atoms in total. The molecule has 0 atom stereocenters. The van der Waals surface area contributed by atoms with Crippen LogP contribution in [0.3, 0.4) is 0 Å². The van der Waals surface area contributed by atoms with Crippen LogP contribution in [-0.2, 0) is 14.3 Å². The molecule has 0 saturated heterocycles. The molecule has 0 aromatic rings. The highest BCUT2D eigenvalue weighted by molar-refractivity contribution is 5.80. The monoisotopic (exact) mass is 186 g/mol. The molecule has 0 aliphatic heterocycles. The van der Waals surface area contributed by atoms with Gasteiger partial charge in [0.25, 0.3) is 0 Å². The minimum absolute atomic E-state index is 0.0285. The van der Waals surface area contributed by atoms with Gasteiger partial charge in [0.15, 0.2) is 0 Å². The number of hydrogen-bond donors (Lipinski definition) is 0.